The first-order valence-electron chi connectivity index (χ1n) is 3.93. The van der Waals surface area contributed by atoms with Crippen molar-refractivity contribution in [2.75, 3.05) is 0 Å². The summed E-state index contributed by atoms with van der Waals surface area (Å²) in [4.78, 5) is 0. The molecule has 0 nitrogen and oxygen atoms in total. The fourth-order valence-electron chi connectivity index (χ4n) is 1.54. The van der Waals surface area contributed by atoms with Gasteiger partial charge in [0, 0.05) is 6.42 Å². The molecule has 66 valence electrons. The standard InChI is InChI=1S/C8H13F3/c1-6-7(2,9)4-3-5-8(6,10)11/h6H,3-5H2,1-2H3/t6-,7?/m1/s1. The van der Waals surface area contributed by atoms with Crippen LogP contribution in [0.4, 0.5) is 13.2 Å². The number of halogens is 3. The lowest BCUT2D eigenvalue weighted by Gasteiger charge is -2.38. The summed E-state index contributed by atoms with van der Waals surface area (Å²) in [6.07, 6.45) is 0.405. The van der Waals surface area contributed by atoms with Gasteiger partial charge < -0.3 is 0 Å². The highest BCUT2D eigenvalue weighted by Gasteiger charge is 2.50. The SMILES string of the molecule is C[C@@H]1C(C)(F)CCCC1(F)F. The molecule has 1 aliphatic carbocycles. The Morgan fingerprint density at radius 2 is 1.73 bits per heavy atom. The molecule has 0 N–H and O–H groups in total. The molecule has 1 saturated carbocycles. The highest BCUT2D eigenvalue weighted by molar-refractivity contribution is 4.93. The van der Waals surface area contributed by atoms with Gasteiger partial charge in [-0.3, -0.25) is 0 Å². The Kier molecular flexibility index (Phi) is 1.93. The summed E-state index contributed by atoms with van der Waals surface area (Å²) in [6, 6.07) is 0. The van der Waals surface area contributed by atoms with Crippen LogP contribution in [-0.2, 0) is 0 Å². The number of hydrogen-bond acceptors (Lipinski definition) is 0. The van der Waals surface area contributed by atoms with Crippen LogP contribution < -0.4 is 0 Å². The Balaban J connectivity index is 2.76. The van der Waals surface area contributed by atoms with Crippen LogP contribution in [-0.4, -0.2) is 11.6 Å². The van der Waals surface area contributed by atoms with E-state index in [1.165, 1.54) is 13.8 Å². The number of alkyl halides is 3. The summed E-state index contributed by atoms with van der Waals surface area (Å²) in [5.41, 5.74) is -1.68. The second-order valence-corrected chi connectivity index (χ2v) is 3.61. The van der Waals surface area contributed by atoms with Crippen LogP contribution in [0.3, 0.4) is 0 Å². The van der Waals surface area contributed by atoms with Gasteiger partial charge in [-0.25, -0.2) is 13.2 Å². The van der Waals surface area contributed by atoms with Crippen LogP contribution in [0, 0.1) is 5.92 Å². The summed E-state index contributed by atoms with van der Waals surface area (Å²) in [6.45, 7) is 2.56. The molecule has 0 aliphatic heterocycles. The molecule has 0 saturated heterocycles. The van der Waals surface area contributed by atoms with Crippen molar-refractivity contribution < 1.29 is 13.2 Å². The topological polar surface area (TPSA) is 0 Å². The van der Waals surface area contributed by atoms with Gasteiger partial charge in [-0.15, -0.1) is 0 Å². The number of rotatable bonds is 0. The van der Waals surface area contributed by atoms with Crippen molar-refractivity contribution in [2.24, 2.45) is 5.92 Å². The van der Waals surface area contributed by atoms with E-state index in [2.05, 4.69) is 0 Å². The van der Waals surface area contributed by atoms with Crippen molar-refractivity contribution in [3.8, 4) is 0 Å². The molecular formula is C8H13F3. The lowest BCUT2D eigenvalue weighted by atomic mass is 9.76. The molecule has 1 rings (SSSR count). The van der Waals surface area contributed by atoms with E-state index in [-0.39, 0.29) is 12.8 Å². The maximum atomic E-state index is 13.3. The highest BCUT2D eigenvalue weighted by Crippen LogP contribution is 2.45. The molecule has 1 aliphatic rings. The van der Waals surface area contributed by atoms with E-state index < -0.39 is 17.5 Å². The third-order valence-electron chi connectivity index (χ3n) is 2.71. The summed E-state index contributed by atoms with van der Waals surface area (Å²) in [7, 11) is 0. The molecule has 1 fully saturated rings. The normalized spacial score (nSPS) is 43.9. The third-order valence-corrected chi connectivity index (χ3v) is 2.71. The Morgan fingerprint density at radius 1 is 1.18 bits per heavy atom. The van der Waals surface area contributed by atoms with E-state index in [1.807, 2.05) is 0 Å². The molecule has 0 amide bonds. The molecule has 0 bridgehead atoms. The van der Waals surface area contributed by atoms with E-state index in [0.717, 1.165) is 0 Å². The maximum Gasteiger partial charge on any atom is 0.253 e. The Bertz CT molecular complexity index is 135. The first kappa shape index (κ1) is 8.88. The third kappa shape index (κ3) is 1.52. The molecule has 0 aromatic rings. The predicted octanol–water partition coefficient (Wildman–Crippen LogP) is 3.17. The fraction of sp³-hybridized carbons (Fsp3) is 1.00. The Hall–Kier alpha value is -0.210. The van der Waals surface area contributed by atoms with Gasteiger partial charge in [0.25, 0.3) is 5.92 Å². The average Bonchev–Trinajstić information content (AvgIpc) is 1.82. The highest BCUT2D eigenvalue weighted by atomic mass is 19.3. The fourth-order valence-corrected chi connectivity index (χ4v) is 1.54. The maximum absolute atomic E-state index is 13.3. The second kappa shape index (κ2) is 2.39. The largest absolute Gasteiger partial charge is 0.253 e. The predicted molar refractivity (Wildman–Crippen MR) is 37.5 cm³/mol. The van der Waals surface area contributed by atoms with Gasteiger partial charge in [-0.1, -0.05) is 6.92 Å². The summed E-state index contributed by atoms with van der Waals surface area (Å²) in [5, 5.41) is 0. The van der Waals surface area contributed by atoms with Crippen molar-refractivity contribution in [3.05, 3.63) is 0 Å². The Labute approximate surface area is 64.8 Å². The molecule has 11 heavy (non-hydrogen) atoms. The minimum atomic E-state index is -2.80. The smallest absolute Gasteiger partial charge is 0.244 e. The average molecular weight is 166 g/mol. The van der Waals surface area contributed by atoms with Crippen molar-refractivity contribution in [1.29, 1.82) is 0 Å². The van der Waals surface area contributed by atoms with Crippen molar-refractivity contribution in [1.82, 2.24) is 0 Å². The summed E-state index contributed by atoms with van der Waals surface area (Å²) < 4.78 is 39.0. The first-order valence-corrected chi connectivity index (χ1v) is 3.93. The first-order chi connectivity index (χ1) is 4.86. The van der Waals surface area contributed by atoms with Gasteiger partial charge in [-0.05, 0) is 19.8 Å². The minimum Gasteiger partial charge on any atom is -0.244 e. The van der Waals surface area contributed by atoms with E-state index in [9.17, 15) is 13.2 Å². The minimum absolute atomic E-state index is 0.159. The molecule has 2 atom stereocenters. The summed E-state index contributed by atoms with van der Waals surface area (Å²) >= 11 is 0. The van der Waals surface area contributed by atoms with E-state index in [0.29, 0.717) is 6.42 Å². The van der Waals surface area contributed by atoms with Crippen LogP contribution in [0.5, 0.6) is 0 Å². The Morgan fingerprint density at radius 3 is 2.09 bits per heavy atom. The second-order valence-electron chi connectivity index (χ2n) is 3.61. The van der Waals surface area contributed by atoms with Crippen LogP contribution in [0.25, 0.3) is 0 Å². The zero-order chi connectivity index (χ0) is 8.70. The van der Waals surface area contributed by atoms with Crippen molar-refractivity contribution in [3.63, 3.8) is 0 Å². The zero-order valence-electron chi connectivity index (χ0n) is 6.83. The molecular weight excluding hydrogens is 153 g/mol. The molecule has 0 aromatic carbocycles. The zero-order valence-corrected chi connectivity index (χ0v) is 6.83. The van der Waals surface area contributed by atoms with Gasteiger partial charge in [0.2, 0.25) is 0 Å². The van der Waals surface area contributed by atoms with Gasteiger partial charge in [0.15, 0.2) is 0 Å². The van der Waals surface area contributed by atoms with E-state index in [1.54, 1.807) is 0 Å². The molecule has 1 unspecified atom stereocenters. The van der Waals surface area contributed by atoms with Crippen LogP contribution >= 0.6 is 0 Å². The molecule has 0 radical (unpaired) electrons. The summed E-state index contributed by atoms with van der Waals surface area (Å²) in [5.74, 6) is -3.94. The molecule has 0 aromatic heterocycles. The van der Waals surface area contributed by atoms with Crippen LogP contribution in [0.2, 0.25) is 0 Å². The lowest BCUT2D eigenvalue weighted by Crippen LogP contribution is -2.44. The van der Waals surface area contributed by atoms with E-state index >= 15 is 0 Å². The van der Waals surface area contributed by atoms with Gasteiger partial charge in [0.1, 0.15) is 5.67 Å². The van der Waals surface area contributed by atoms with Gasteiger partial charge in [-0.2, -0.15) is 0 Å². The van der Waals surface area contributed by atoms with Gasteiger partial charge in [0.05, 0.1) is 5.92 Å². The lowest BCUT2D eigenvalue weighted by molar-refractivity contribution is -0.139. The van der Waals surface area contributed by atoms with E-state index in [4.69, 9.17) is 0 Å². The van der Waals surface area contributed by atoms with Crippen LogP contribution in [0.1, 0.15) is 33.1 Å². The van der Waals surface area contributed by atoms with Crippen LogP contribution in [0.15, 0.2) is 0 Å². The molecule has 0 heterocycles. The van der Waals surface area contributed by atoms with Gasteiger partial charge >= 0.3 is 0 Å². The molecule has 0 spiro atoms. The quantitative estimate of drug-likeness (QED) is 0.518. The van der Waals surface area contributed by atoms with Crippen molar-refractivity contribution >= 4 is 0 Å². The molecule has 3 heteroatoms. The monoisotopic (exact) mass is 166 g/mol. The number of hydrogen-bond donors (Lipinski definition) is 0. The van der Waals surface area contributed by atoms with Crippen molar-refractivity contribution in [2.45, 2.75) is 44.7 Å².